The Labute approximate surface area is 117 Å². The van der Waals surface area contributed by atoms with E-state index in [2.05, 4.69) is 56.0 Å². The van der Waals surface area contributed by atoms with Gasteiger partial charge in [0, 0.05) is 24.7 Å². The van der Waals surface area contributed by atoms with Gasteiger partial charge >= 0.3 is 0 Å². The Bertz CT molecular complexity index is 388. The second-order valence-electron chi connectivity index (χ2n) is 6.61. The summed E-state index contributed by atoms with van der Waals surface area (Å²) in [5, 5.41) is 10.3. The fourth-order valence-electron chi connectivity index (χ4n) is 3.25. The molecule has 2 nitrogen and oxygen atoms in total. The van der Waals surface area contributed by atoms with Crippen LogP contribution in [0, 0.1) is 11.3 Å². The van der Waals surface area contributed by atoms with Crippen LogP contribution in [0.3, 0.4) is 0 Å². The fourth-order valence-corrected chi connectivity index (χ4v) is 3.25. The first kappa shape index (κ1) is 14.4. The molecule has 0 amide bonds. The second-order valence-corrected chi connectivity index (χ2v) is 6.61. The Balaban J connectivity index is 2.05. The lowest BCUT2D eigenvalue weighted by Gasteiger charge is -2.41. The molecule has 0 saturated heterocycles. The third-order valence-electron chi connectivity index (χ3n) is 4.43. The minimum Gasteiger partial charge on any atom is -0.393 e. The van der Waals surface area contributed by atoms with E-state index < -0.39 is 0 Å². The maximum absolute atomic E-state index is 10.3. The van der Waals surface area contributed by atoms with E-state index in [1.165, 1.54) is 5.69 Å². The summed E-state index contributed by atoms with van der Waals surface area (Å²) in [6.07, 6.45) is 3.08. The van der Waals surface area contributed by atoms with Crippen molar-refractivity contribution in [3.8, 4) is 0 Å². The number of aliphatic hydroxyl groups is 1. The van der Waals surface area contributed by atoms with Gasteiger partial charge in [0.15, 0.2) is 0 Å². The van der Waals surface area contributed by atoms with Crippen LogP contribution in [0.25, 0.3) is 0 Å². The molecule has 1 aromatic rings. The van der Waals surface area contributed by atoms with Crippen LogP contribution in [0.5, 0.6) is 0 Å². The first-order chi connectivity index (χ1) is 9.02. The Morgan fingerprint density at radius 1 is 1.26 bits per heavy atom. The van der Waals surface area contributed by atoms with Crippen molar-refractivity contribution in [3.63, 3.8) is 0 Å². The van der Waals surface area contributed by atoms with Gasteiger partial charge in [0.25, 0.3) is 0 Å². The van der Waals surface area contributed by atoms with Gasteiger partial charge < -0.3 is 10.0 Å². The molecule has 2 atom stereocenters. The van der Waals surface area contributed by atoms with Crippen LogP contribution in [0.15, 0.2) is 30.3 Å². The normalized spacial score (nSPS) is 26.1. The molecule has 0 radical (unpaired) electrons. The summed E-state index contributed by atoms with van der Waals surface area (Å²) < 4.78 is 0. The molecule has 2 rings (SSSR count). The monoisotopic (exact) mass is 261 g/mol. The molecular weight excluding hydrogens is 234 g/mol. The van der Waals surface area contributed by atoms with Gasteiger partial charge in [-0.05, 0) is 43.7 Å². The zero-order valence-corrected chi connectivity index (χ0v) is 12.5. The van der Waals surface area contributed by atoms with Crippen LogP contribution in [0.1, 0.15) is 40.0 Å². The predicted molar refractivity (Wildman–Crippen MR) is 81.5 cm³/mol. The second kappa shape index (κ2) is 5.96. The lowest BCUT2D eigenvalue weighted by molar-refractivity contribution is 0.0250. The van der Waals surface area contributed by atoms with Gasteiger partial charge in [-0.2, -0.15) is 0 Å². The molecule has 1 fully saturated rings. The van der Waals surface area contributed by atoms with Gasteiger partial charge in [-0.15, -0.1) is 0 Å². The number of anilines is 1. The zero-order valence-electron chi connectivity index (χ0n) is 12.5. The molecule has 0 heterocycles. The summed E-state index contributed by atoms with van der Waals surface area (Å²) in [5.41, 5.74) is 1.64. The SMILES string of the molecule is CCN(CC1CC(C)(C)CCC1O)c1ccccc1. The number of rotatable bonds is 4. The van der Waals surface area contributed by atoms with Crippen LogP contribution in [-0.4, -0.2) is 24.3 Å². The van der Waals surface area contributed by atoms with Crippen molar-refractivity contribution >= 4 is 5.69 Å². The van der Waals surface area contributed by atoms with Crippen molar-refractivity contribution in [2.24, 2.45) is 11.3 Å². The van der Waals surface area contributed by atoms with Crippen molar-refractivity contribution in [1.82, 2.24) is 0 Å². The third-order valence-corrected chi connectivity index (χ3v) is 4.43. The number of benzene rings is 1. The highest BCUT2D eigenvalue weighted by Crippen LogP contribution is 2.39. The number of aliphatic hydroxyl groups excluding tert-OH is 1. The Morgan fingerprint density at radius 3 is 2.58 bits per heavy atom. The van der Waals surface area contributed by atoms with Gasteiger partial charge in [-0.1, -0.05) is 32.0 Å². The van der Waals surface area contributed by atoms with Gasteiger partial charge in [0.05, 0.1) is 6.10 Å². The van der Waals surface area contributed by atoms with Crippen LogP contribution in [0.2, 0.25) is 0 Å². The van der Waals surface area contributed by atoms with E-state index in [0.717, 1.165) is 32.4 Å². The van der Waals surface area contributed by atoms with E-state index in [-0.39, 0.29) is 6.10 Å². The van der Waals surface area contributed by atoms with E-state index in [9.17, 15) is 5.11 Å². The number of para-hydroxylation sites is 1. The van der Waals surface area contributed by atoms with Crippen LogP contribution in [-0.2, 0) is 0 Å². The largest absolute Gasteiger partial charge is 0.393 e. The molecule has 1 N–H and O–H groups in total. The lowest BCUT2D eigenvalue weighted by atomic mass is 9.70. The third kappa shape index (κ3) is 3.73. The van der Waals surface area contributed by atoms with Crippen molar-refractivity contribution in [1.29, 1.82) is 0 Å². The summed E-state index contributed by atoms with van der Waals surface area (Å²) in [5.74, 6) is 0.393. The minimum absolute atomic E-state index is 0.134. The summed E-state index contributed by atoms with van der Waals surface area (Å²) >= 11 is 0. The van der Waals surface area contributed by atoms with Gasteiger partial charge in [-0.3, -0.25) is 0 Å². The van der Waals surface area contributed by atoms with E-state index in [1.54, 1.807) is 0 Å². The molecule has 1 aliphatic carbocycles. The molecule has 1 saturated carbocycles. The average Bonchev–Trinajstić information content (AvgIpc) is 2.40. The molecule has 0 bridgehead atoms. The summed E-state index contributed by atoms with van der Waals surface area (Å²) in [7, 11) is 0. The van der Waals surface area contributed by atoms with E-state index in [0.29, 0.717) is 11.3 Å². The number of hydrogen-bond donors (Lipinski definition) is 1. The molecule has 0 aliphatic heterocycles. The smallest absolute Gasteiger partial charge is 0.0585 e. The van der Waals surface area contributed by atoms with Crippen LogP contribution < -0.4 is 4.90 Å². The fraction of sp³-hybridized carbons (Fsp3) is 0.647. The Morgan fingerprint density at radius 2 is 1.95 bits per heavy atom. The zero-order chi connectivity index (χ0) is 13.9. The average molecular weight is 261 g/mol. The van der Waals surface area contributed by atoms with Gasteiger partial charge in [-0.25, -0.2) is 0 Å². The van der Waals surface area contributed by atoms with Crippen LogP contribution >= 0.6 is 0 Å². The molecule has 1 aromatic carbocycles. The molecule has 2 heteroatoms. The molecule has 106 valence electrons. The van der Waals surface area contributed by atoms with E-state index in [1.807, 2.05) is 0 Å². The molecule has 0 spiro atoms. The molecular formula is C17H27NO. The quantitative estimate of drug-likeness (QED) is 0.893. The maximum Gasteiger partial charge on any atom is 0.0585 e. The number of hydrogen-bond acceptors (Lipinski definition) is 2. The number of nitrogens with zero attached hydrogens (tertiary/aromatic N) is 1. The van der Waals surface area contributed by atoms with Gasteiger partial charge in [0.2, 0.25) is 0 Å². The highest BCUT2D eigenvalue weighted by Gasteiger charge is 2.34. The van der Waals surface area contributed by atoms with Crippen LogP contribution in [0.4, 0.5) is 5.69 Å². The molecule has 1 aliphatic rings. The Kier molecular flexibility index (Phi) is 4.51. The van der Waals surface area contributed by atoms with Crippen molar-refractivity contribution in [2.75, 3.05) is 18.0 Å². The highest BCUT2D eigenvalue weighted by molar-refractivity contribution is 5.45. The van der Waals surface area contributed by atoms with Crippen molar-refractivity contribution in [2.45, 2.75) is 46.1 Å². The molecule has 2 unspecified atom stereocenters. The lowest BCUT2D eigenvalue weighted by Crippen LogP contribution is -2.41. The first-order valence-electron chi connectivity index (χ1n) is 7.50. The van der Waals surface area contributed by atoms with Crippen molar-refractivity contribution in [3.05, 3.63) is 30.3 Å². The summed E-state index contributed by atoms with van der Waals surface area (Å²) in [6, 6.07) is 10.5. The topological polar surface area (TPSA) is 23.5 Å². The minimum atomic E-state index is -0.134. The molecule has 19 heavy (non-hydrogen) atoms. The standard InChI is InChI=1S/C17H27NO/c1-4-18(15-8-6-5-7-9-15)13-14-12-17(2,3)11-10-16(14)19/h5-9,14,16,19H,4,10-13H2,1-3H3. The van der Waals surface area contributed by atoms with E-state index in [4.69, 9.17) is 0 Å². The Hall–Kier alpha value is -1.02. The molecule has 0 aromatic heterocycles. The summed E-state index contributed by atoms with van der Waals surface area (Å²) in [6.45, 7) is 8.79. The highest BCUT2D eigenvalue weighted by atomic mass is 16.3. The first-order valence-corrected chi connectivity index (χ1v) is 7.50. The maximum atomic E-state index is 10.3. The van der Waals surface area contributed by atoms with E-state index >= 15 is 0 Å². The predicted octanol–water partition coefficient (Wildman–Crippen LogP) is 3.70. The van der Waals surface area contributed by atoms with Gasteiger partial charge in [0.1, 0.15) is 0 Å². The van der Waals surface area contributed by atoms with Crippen molar-refractivity contribution < 1.29 is 5.11 Å². The summed E-state index contributed by atoms with van der Waals surface area (Å²) in [4.78, 5) is 2.38.